The van der Waals surface area contributed by atoms with Crippen LogP contribution in [0.2, 0.25) is 0 Å². The largest absolute Gasteiger partial charge is 0.377 e. The molecule has 2 saturated heterocycles. The number of hydrogen-bond acceptors (Lipinski definition) is 8. The number of para-hydroxylation sites is 1. The van der Waals surface area contributed by atoms with Gasteiger partial charge in [-0.1, -0.05) is 18.2 Å². The van der Waals surface area contributed by atoms with Gasteiger partial charge in [-0.25, -0.2) is 13.4 Å². The fourth-order valence-corrected chi connectivity index (χ4v) is 8.90. The predicted molar refractivity (Wildman–Crippen MR) is 155 cm³/mol. The first-order valence-electron chi connectivity index (χ1n) is 13.2. The Bertz CT molecular complexity index is 1470. The molecule has 202 valence electrons. The number of nitrogens with one attached hydrogen (secondary N) is 1. The van der Waals surface area contributed by atoms with Crippen LogP contribution in [0, 0.1) is 0 Å². The van der Waals surface area contributed by atoms with E-state index >= 15 is 0 Å². The Morgan fingerprint density at radius 2 is 2.00 bits per heavy atom. The first-order valence-corrected chi connectivity index (χ1v) is 16.3. The average Bonchev–Trinajstić information content (AvgIpc) is 3.73. The molecule has 0 spiro atoms. The van der Waals surface area contributed by atoms with Gasteiger partial charge in [0.05, 0.1) is 23.0 Å². The molecule has 38 heavy (non-hydrogen) atoms. The number of aromatic amines is 1. The van der Waals surface area contributed by atoms with Crippen LogP contribution in [0.1, 0.15) is 24.6 Å². The summed E-state index contributed by atoms with van der Waals surface area (Å²) in [6, 6.07) is 11.3. The highest BCUT2D eigenvalue weighted by Gasteiger charge is 2.27. The number of thiophene rings is 1. The maximum absolute atomic E-state index is 13.3. The molecule has 5 heterocycles. The van der Waals surface area contributed by atoms with Crippen molar-refractivity contribution in [3.05, 3.63) is 52.9 Å². The third kappa shape index (κ3) is 5.28. The lowest BCUT2D eigenvalue weighted by molar-refractivity contribution is 0.0491. The van der Waals surface area contributed by atoms with E-state index in [0.29, 0.717) is 22.5 Å². The second-order valence-electron chi connectivity index (χ2n) is 9.87. The minimum Gasteiger partial charge on any atom is -0.377 e. The smallest absolute Gasteiger partial charge is 0.273 e. The summed E-state index contributed by atoms with van der Waals surface area (Å²) in [6.45, 7) is 9.37. The summed E-state index contributed by atoms with van der Waals surface area (Å²) in [5.74, 6) is 0. The zero-order valence-electron chi connectivity index (χ0n) is 21.5. The number of aromatic nitrogens is 2. The lowest BCUT2D eigenvalue weighted by atomic mass is 10.2. The molecule has 1 N–H and O–H groups in total. The van der Waals surface area contributed by atoms with E-state index in [0.717, 1.165) is 67.5 Å². The van der Waals surface area contributed by atoms with Crippen molar-refractivity contribution in [3.63, 3.8) is 0 Å². The number of benzene rings is 1. The third-order valence-electron chi connectivity index (χ3n) is 7.34. The van der Waals surface area contributed by atoms with Crippen LogP contribution in [0.4, 0.5) is 5.69 Å². The van der Waals surface area contributed by atoms with Gasteiger partial charge >= 0.3 is 0 Å². The SMILES string of the molecule is CCN(c1cccc2cc(-c3ncc(CN4CCN(CC5CCCO5)CC4)s3)[nH]c12)S(=O)(=O)c1cccs1. The molecule has 1 atom stereocenters. The number of rotatable bonds is 9. The average molecular weight is 572 g/mol. The van der Waals surface area contributed by atoms with Crippen molar-refractivity contribution >= 4 is 49.3 Å². The second-order valence-corrected chi connectivity index (χ2v) is 14.0. The molecule has 8 nitrogen and oxygen atoms in total. The standard InChI is InChI=1S/C27H33N5O3S3/c1-2-32(38(33,34)25-9-5-15-36-25)24-8-3-6-20-16-23(29-26(20)24)27-28-17-22(37-27)19-31-12-10-30(11-13-31)18-21-7-4-14-35-21/h3,5-6,8-9,15-17,21,29H,2,4,7,10-14,18-19H2,1H3. The molecular formula is C27H33N5O3S3. The number of fused-ring (bicyclic) bond motifs is 1. The quantitative estimate of drug-likeness (QED) is 0.309. The van der Waals surface area contributed by atoms with E-state index in [1.54, 1.807) is 28.8 Å². The van der Waals surface area contributed by atoms with E-state index in [1.165, 1.54) is 33.4 Å². The summed E-state index contributed by atoms with van der Waals surface area (Å²) < 4.78 is 34.3. The van der Waals surface area contributed by atoms with Crippen molar-refractivity contribution in [2.75, 3.05) is 50.2 Å². The summed E-state index contributed by atoms with van der Waals surface area (Å²) in [4.78, 5) is 14.5. The zero-order chi connectivity index (χ0) is 26.1. The minimum atomic E-state index is -3.63. The Kier molecular flexibility index (Phi) is 7.56. The highest BCUT2D eigenvalue weighted by molar-refractivity contribution is 7.94. The van der Waals surface area contributed by atoms with Gasteiger partial charge in [-0.2, -0.15) is 0 Å². The Morgan fingerprint density at radius 1 is 1.16 bits per heavy atom. The third-order valence-corrected chi connectivity index (χ3v) is 11.6. The van der Waals surface area contributed by atoms with Gasteiger partial charge in [-0.15, -0.1) is 22.7 Å². The Morgan fingerprint density at radius 3 is 2.74 bits per heavy atom. The van der Waals surface area contributed by atoms with Crippen molar-refractivity contribution in [2.24, 2.45) is 0 Å². The maximum Gasteiger partial charge on any atom is 0.273 e. The number of piperazine rings is 1. The Balaban J connectivity index is 1.16. The van der Waals surface area contributed by atoms with E-state index in [4.69, 9.17) is 9.72 Å². The molecule has 0 saturated carbocycles. The van der Waals surface area contributed by atoms with Crippen molar-refractivity contribution < 1.29 is 13.2 Å². The number of H-pyrrole nitrogens is 1. The van der Waals surface area contributed by atoms with Crippen LogP contribution in [-0.4, -0.2) is 80.2 Å². The molecule has 3 aromatic heterocycles. The van der Waals surface area contributed by atoms with Gasteiger partial charge in [-0.3, -0.25) is 14.1 Å². The van der Waals surface area contributed by atoms with Crippen LogP contribution < -0.4 is 4.31 Å². The summed E-state index contributed by atoms with van der Waals surface area (Å²) in [6.07, 6.45) is 4.79. The lowest BCUT2D eigenvalue weighted by Gasteiger charge is -2.35. The first-order chi connectivity index (χ1) is 18.5. The lowest BCUT2D eigenvalue weighted by Crippen LogP contribution is -2.47. The van der Waals surface area contributed by atoms with Gasteiger partial charge in [0.15, 0.2) is 0 Å². The molecule has 0 amide bonds. The summed E-state index contributed by atoms with van der Waals surface area (Å²) in [5, 5.41) is 3.68. The van der Waals surface area contributed by atoms with Crippen molar-refractivity contribution in [3.8, 4) is 10.7 Å². The summed E-state index contributed by atoms with van der Waals surface area (Å²) >= 11 is 2.94. The van der Waals surface area contributed by atoms with Gasteiger partial charge in [0.25, 0.3) is 10.0 Å². The molecule has 4 aromatic rings. The highest BCUT2D eigenvalue weighted by atomic mass is 32.2. The monoisotopic (exact) mass is 571 g/mol. The molecule has 0 bridgehead atoms. The molecule has 11 heteroatoms. The van der Waals surface area contributed by atoms with Gasteiger partial charge in [-0.05, 0) is 43.3 Å². The summed E-state index contributed by atoms with van der Waals surface area (Å²) in [7, 11) is -3.63. The van der Waals surface area contributed by atoms with Gasteiger partial charge in [0.1, 0.15) is 9.22 Å². The van der Waals surface area contributed by atoms with Gasteiger partial charge in [0, 0.05) is 68.9 Å². The van der Waals surface area contributed by atoms with E-state index in [2.05, 4.69) is 20.9 Å². The molecule has 2 aliphatic heterocycles. The maximum atomic E-state index is 13.3. The molecule has 0 radical (unpaired) electrons. The van der Waals surface area contributed by atoms with Crippen LogP contribution in [0.3, 0.4) is 0 Å². The van der Waals surface area contributed by atoms with Crippen LogP contribution in [0.15, 0.2) is 52.2 Å². The van der Waals surface area contributed by atoms with E-state index in [1.807, 2.05) is 31.3 Å². The summed E-state index contributed by atoms with van der Waals surface area (Å²) in [5.41, 5.74) is 2.38. The topological polar surface area (TPSA) is 81.8 Å². The number of hydrogen-bond donors (Lipinski definition) is 1. The van der Waals surface area contributed by atoms with Crippen LogP contribution >= 0.6 is 22.7 Å². The number of thiazole rings is 1. The molecule has 6 rings (SSSR count). The Labute approximate surface area is 231 Å². The van der Waals surface area contributed by atoms with E-state index in [9.17, 15) is 8.42 Å². The van der Waals surface area contributed by atoms with E-state index < -0.39 is 10.0 Å². The number of anilines is 1. The highest BCUT2D eigenvalue weighted by Crippen LogP contribution is 2.35. The Hall–Kier alpha value is -2.28. The molecular weight excluding hydrogens is 539 g/mol. The van der Waals surface area contributed by atoms with Gasteiger partial charge in [0.2, 0.25) is 0 Å². The minimum absolute atomic E-state index is 0.343. The van der Waals surface area contributed by atoms with Crippen molar-refractivity contribution in [1.82, 2.24) is 19.8 Å². The van der Waals surface area contributed by atoms with Crippen LogP contribution in [0.5, 0.6) is 0 Å². The molecule has 2 fully saturated rings. The fraction of sp³-hybridized carbons (Fsp3) is 0.444. The molecule has 2 aliphatic rings. The zero-order valence-corrected chi connectivity index (χ0v) is 24.0. The fourth-order valence-electron chi connectivity index (χ4n) is 5.38. The molecule has 1 aromatic carbocycles. The number of nitrogens with zero attached hydrogens (tertiary/aromatic N) is 4. The first kappa shape index (κ1) is 26.0. The van der Waals surface area contributed by atoms with Crippen molar-refractivity contribution in [1.29, 1.82) is 0 Å². The number of sulfonamides is 1. The predicted octanol–water partition coefficient (Wildman–Crippen LogP) is 4.86. The molecule has 1 unspecified atom stereocenters. The molecule has 0 aliphatic carbocycles. The van der Waals surface area contributed by atoms with Gasteiger partial charge < -0.3 is 9.72 Å². The number of ether oxygens (including phenoxy) is 1. The van der Waals surface area contributed by atoms with Crippen molar-refractivity contribution in [2.45, 2.75) is 36.6 Å². The van der Waals surface area contributed by atoms with Crippen LogP contribution in [0.25, 0.3) is 21.6 Å². The van der Waals surface area contributed by atoms with Crippen LogP contribution in [-0.2, 0) is 21.3 Å². The van der Waals surface area contributed by atoms with E-state index in [-0.39, 0.29) is 0 Å². The normalized spacial score (nSPS) is 19.4. The second kappa shape index (κ2) is 11.1.